The van der Waals surface area contributed by atoms with Crippen LogP contribution in [0.15, 0.2) is 84.1 Å². The van der Waals surface area contributed by atoms with E-state index in [1.165, 1.54) is 5.56 Å². The van der Waals surface area contributed by atoms with Gasteiger partial charge in [0, 0.05) is 12.1 Å². The number of carbonyl (C=O) groups excluding carboxylic acids is 1. The van der Waals surface area contributed by atoms with Crippen molar-refractivity contribution in [3.63, 3.8) is 0 Å². The summed E-state index contributed by atoms with van der Waals surface area (Å²) in [5.41, 5.74) is 3.65. The Bertz CT molecular complexity index is 1500. The van der Waals surface area contributed by atoms with Gasteiger partial charge in [0.15, 0.2) is 11.5 Å². The van der Waals surface area contributed by atoms with Gasteiger partial charge >= 0.3 is 0 Å². The lowest BCUT2D eigenvalue weighted by atomic mass is 9.94. The molecule has 10 heteroatoms. The number of anilines is 2. The van der Waals surface area contributed by atoms with E-state index in [-0.39, 0.29) is 5.91 Å². The molecular formula is C30H32N6O4. The summed E-state index contributed by atoms with van der Waals surface area (Å²) in [6.45, 7) is 7.09. The summed E-state index contributed by atoms with van der Waals surface area (Å²) in [5, 5.41) is 18.3. The zero-order chi connectivity index (χ0) is 27.9. The first-order chi connectivity index (χ1) is 19.6. The van der Waals surface area contributed by atoms with Crippen molar-refractivity contribution in [3.05, 3.63) is 95.2 Å². The van der Waals surface area contributed by atoms with Crippen molar-refractivity contribution in [1.29, 1.82) is 0 Å². The van der Waals surface area contributed by atoms with Crippen LogP contribution in [0.25, 0.3) is 0 Å². The third-order valence-electron chi connectivity index (χ3n) is 6.47. The lowest BCUT2D eigenvalue weighted by Gasteiger charge is -2.28. The summed E-state index contributed by atoms with van der Waals surface area (Å²) in [7, 11) is 0. The fourth-order valence-electron chi connectivity index (χ4n) is 4.66. The number of hydrogen-bond donors (Lipinski definition) is 2. The molecule has 3 aromatic carbocycles. The molecule has 0 saturated carbocycles. The minimum Gasteiger partial charge on any atom is -0.492 e. The van der Waals surface area contributed by atoms with Crippen LogP contribution in [-0.2, 0) is 11.2 Å². The van der Waals surface area contributed by atoms with Crippen molar-refractivity contribution in [2.75, 3.05) is 30.5 Å². The molecule has 1 unspecified atom stereocenters. The Hall–Kier alpha value is -4.86. The Morgan fingerprint density at radius 3 is 2.48 bits per heavy atom. The number of para-hydroxylation sites is 2. The van der Waals surface area contributed by atoms with E-state index in [1.54, 1.807) is 10.7 Å². The molecule has 2 heterocycles. The van der Waals surface area contributed by atoms with Crippen molar-refractivity contribution < 1.29 is 19.0 Å². The number of carbonyl (C=O) groups is 1. The summed E-state index contributed by atoms with van der Waals surface area (Å²) in [6.07, 6.45) is 0.770. The molecule has 1 amide bonds. The maximum absolute atomic E-state index is 13.8. The number of benzene rings is 3. The zero-order valence-electron chi connectivity index (χ0n) is 22.8. The number of rotatable bonds is 11. The van der Waals surface area contributed by atoms with Gasteiger partial charge in [-0.1, -0.05) is 53.6 Å². The third-order valence-corrected chi connectivity index (χ3v) is 6.47. The standard InChI is InChI=1S/C30H32N6O4/c1-4-38-24-14-10-9-13-23(24)32-29(37)27-20(3)31-30-33-34-35-36(30)28(27)22-15-16-25(26(19-22)39-5-2)40-18-17-21-11-7-6-8-12-21/h6-16,19,28H,4-5,17-18H2,1-3H3,(H,32,37)(H,31,33,35). The highest BCUT2D eigenvalue weighted by atomic mass is 16.5. The Labute approximate surface area is 233 Å². The summed E-state index contributed by atoms with van der Waals surface area (Å²) in [4.78, 5) is 13.8. The average Bonchev–Trinajstić information content (AvgIpc) is 3.43. The van der Waals surface area contributed by atoms with Gasteiger partial charge in [-0.15, -0.1) is 0 Å². The molecule has 0 fully saturated rings. The lowest BCUT2D eigenvalue weighted by molar-refractivity contribution is -0.113. The molecule has 1 atom stereocenters. The minimum atomic E-state index is -0.608. The molecule has 10 nitrogen and oxygen atoms in total. The molecule has 0 aliphatic carbocycles. The largest absolute Gasteiger partial charge is 0.492 e. The maximum Gasteiger partial charge on any atom is 0.255 e. The van der Waals surface area contributed by atoms with Crippen LogP contribution in [0.5, 0.6) is 17.2 Å². The van der Waals surface area contributed by atoms with Gasteiger partial charge in [-0.05, 0) is 66.6 Å². The quantitative estimate of drug-likeness (QED) is 0.273. The fraction of sp³-hybridized carbons (Fsp3) is 0.267. The van der Waals surface area contributed by atoms with Crippen LogP contribution >= 0.6 is 0 Å². The van der Waals surface area contributed by atoms with Crippen molar-refractivity contribution in [2.24, 2.45) is 0 Å². The highest BCUT2D eigenvalue weighted by Gasteiger charge is 2.35. The van der Waals surface area contributed by atoms with Gasteiger partial charge < -0.3 is 24.8 Å². The van der Waals surface area contributed by atoms with E-state index in [4.69, 9.17) is 14.2 Å². The van der Waals surface area contributed by atoms with Crippen LogP contribution in [0.2, 0.25) is 0 Å². The van der Waals surface area contributed by atoms with E-state index in [1.807, 2.05) is 75.4 Å². The molecular weight excluding hydrogens is 508 g/mol. The zero-order valence-corrected chi connectivity index (χ0v) is 22.8. The van der Waals surface area contributed by atoms with E-state index < -0.39 is 6.04 Å². The van der Waals surface area contributed by atoms with E-state index in [0.29, 0.717) is 60.0 Å². The maximum atomic E-state index is 13.8. The predicted octanol–water partition coefficient (Wildman–Crippen LogP) is 5.02. The summed E-state index contributed by atoms with van der Waals surface area (Å²) >= 11 is 0. The smallest absolute Gasteiger partial charge is 0.255 e. The van der Waals surface area contributed by atoms with Crippen LogP contribution in [0.1, 0.15) is 37.9 Å². The molecule has 1 aliphatic heterocycles. The van der Waals surface area contributed by atoms with Crippen molar-refractivity contribution >= 4 is 17.5 Å². The van der Waals surface area contributed by atoms with Crippen molar-refractivity contribution in [3.8, 4) is 17.2 Å². The Morgan fingerprint density at radius 1 is 0.925 bits per heavy atom. The predicted molar refractivity (Wildman–Crippen MR) is 152 cm³/mol. The number of hydrogen-bond acceptors (Lipinski definition) is 8. The molecule has 1 aliphatic rings. The Balaban J connectivity index is 1.45. The summed E-state index contributed by atoms with van der Waals surface area (Å²) < 4.78 is 19.4. The number of nitrogens with one attached hydrogen (secondary N) is 2. The second-order valence-corrected chi connectivity index (χ2v) is 9.12. The van der Waals surface area contributed by atoms with Crippen LogP contribution in [-0.4, -0.2) is 45.9 Å². The van der Waals surface area contributed by atoms with E-state index in [2.05, 4.69) is 38.3 Å². The molecule has 5 rings (SSSR count). The molecule has 206 valence electrons. The minimum absolute atomic E-state index is 0.301. The second kappa shape index (κ2) is 12.3. The van der Waals surface area contributed by atoms with Crippen LogP contribution < -0.4 is 24.8 Å². The molecule has 2 N–H and O–H groups in total. The molecule has 0 spiro atoms. The fourth-order valence-corrected chi connectivity index (χ4v) is 4.66. The van der Waals surface area contributed by atoms with Crippen molar-refractivity contribution in [2.45, 2.75) is 33.2 Å². The SMILES string of the molecule is CCOc1ccccc1NC(=O)C1=C(C)Nc2nnnn2C1c1ccc(OCCc2ccccc2)c(OCC)c1. The third kappa shape index (κ3) is 5.75. The number of fused-ring (bicyclic) bond motifs is 1. The first kappa shape index (κ1) is 26.7. The molecule has 0 radical (unpaired) electrons. The second-order valence-electron chi connectivity index (χ2n) is 9.12. The Kier molecular flexibility index (Phi) is 8.24. The van der Waals surface area contributed by atoms with Gasteiger partial charge in [0.25, 0.3) is 5.91 Å². The number of tetrazole rings is 1. The number of aromatic nitrogens is 4. The molecule has 0 saturated heterocycles. The number of nitrogens with zero attached hydrogens (tertiary/aromatic N) is 4. The molecule has 0 bridgehead atoms. The van der Waals surface area contributed by atoms with Crippen LogP contribution in [0.3, 0.4) is 0 Å². The van der Waals surface area contributed by atoms with Gasteiger partial charge in [0.05, 0.1) is 31.1 Å². The number of ether oxygens (including phenoxy) is 3. The normalized spacial score (nSPS) is 14.2. The first-order valence-electron chi connectivity index (χ1n) is 13.3. The van der Waals surface area contributed by atoms with E-state index in [0.717, 1.165) is 12.0 Å². The van der Waals surface area contributed by atoms with Gasteiger partial charge in [0.1, 0.15) is 11.8 Å². The van der Waals surface area contributed by atoms with Crippen LogP contribution in [0.4, 0.5) is 11.6 Å². The monoisotopic (exact) mass is 540 g/mol. The van der Waals surface area contributed by atoms with Crippen LogP contribution in [0, 0.1) is 0 Å². The highest BCUT2D eigenvalue weighted by Crippen LogP contribution is 2.39. The Morgan fingerprint density at radius 2 is 1.68 bits per heavy atom. The highest BCUT2D eigenvalue weighted by molar-refractivity contribution is 6.06. The van der Waals surface area contributed by atoms with Gasteiger partial charge in [-0.25, -0.2) is 0 Å². The molecule has 40 heavy (non-hydrogen) atoms. The molecule has 1 aromatic heterocycles. The average molecular weight is 541 g/mol. The van der Waals surface area contributed by atoms with Gasteiger partial charge in [-0.3, -0.25) is 4.79 Å². The lowest BCUT2D eigenvalue weighted by Crippen LogP contribution is -2.31. The van der Waals surface area contributed by atoms with Crippen molar-refractivity contribution in [1.82, 2.24) is 20.2 Å². The molecule has 4 aromatic rings. The van der Waals surface area contributed by atoms with Gasteiger partial charge in [-0.2, -0.15) is 4.68 Å². The number of amides is 1. The first-order valence-corrected chi connectivity index (χ1v) is 13.3. The summed E-state index contributed by atoms with van der Waals surface area (Å²) in [6, 6.07) is 22.6. The van der Waals surface area contributed by atoms with E-state index in [9.17, 15) is 4.79 Å². The van der Waals surface area contributed by atoms with Gasteiger partial charge in [0.2, 0.25) is 5.95 Å². The number of allylic oxidation sites excluding steroid dienone is 1. The summed E-state index contributed by atoms with van der Waals surface area (Å²) in [5.74, 6) is 1.94. The van der Waals surface area contributed by atoms with E-state index >= 15 is 0 Å². The topological polar surface area (TPSA) is 112 Å².